The second-order valence-electron chi connectivity index (χ2n) is 4.60. The van der Waals surface area contributed by atoms with Gasteiger partial charge in [0, 0.05) is 22.2 Å². The lowest BCUT2D eigenvalue weighted by Crippen LogP contribution is -2.36. The standard InChI is InChI=1S/C16H14Cl2N2O2/c17-13-5-1-3-11(7-13)9-19-15(21)10-20-16(22)12-4-2-6-14(18)8-12/h1-8H,9-10H2,(H,19,21)(H,20,22). The highest BCUT2D eigenvalue weighted by atomic mass is 35.5. The third-order valence-electron chi connectivity index (χ3n) is 2.88. The van der Waals surface area contributed by atoms with E-state index in [1.165, 1.54) is 0 Å². The zero-order valence-corrected chi connectivity index (χ0v) is 13.1. The van der Waals surface area contributed by atoms with Crippen LogP contribution in [0.1, 0.15) is 15.9 Å². The van der Waals surface area contributed by atoms with Crippen molar-refractivity contribution in [1.82, 2.24) is 10.6 Å². The van der Waals surface area contributed by atoms with Gasteiger partial charge in [0.25, 0.3) is 5.91 Å². The van der Waals surface area contributed by atoms with Crippen LogP contribution in [0, 0.1) is 0 Å². The van der Waals surface area contributed by atoms with Crippen LogP contribution in [0.25, 0.3) is 0 Å². The Morgan fingerprint density at radius 1 is 0.909 bits per heavy atom. The average molecular weight is 337 g/mol. The van der Waals surface area contributed by atoms with E-state index < -0.39 is 0 Å². The number of carbonyl (C=O) groups is 2. The first-order chi connectivity index (χ1) is 10.5. The maximum Gasteiger partial charge on any atom is 0.251 e. The molecule has 0 aliphatic carbocycles. The number of hydrogen-bond acceptors (Lipinski definition) is 2. The van der Waals surface area contributed by atoms with Gasteiger partial charge in [-0.2, -0.15) is 0 Å². The molecule has 0 aliphatic rings. The molecule has 0 bridgehead atoms. The van der Waals surface area contributed by atoms with Crippen molar-refractivity contribution in [3.63, 3.8) is 0 Å². The zero-order chi connectivity index (χ0) is 15.9. The van der Waals surface area contributed by atoms with Crippen LogP contribution in [-0.4, -0.2) is 18.4 Å². The number of nitrogens with one attached hydrogen (secondary N) is 2. The fourth-order valence-electron chi connectivity index (χ4n) is 1.80. The van der Waals surface area contributed by atoms with Gasteiger partial charge in [-0.15, -0.1) is 0 Å². The summed E-state index contributed by atoms with van der Waals surface area (Å²) in [6.07, 6.45) is 0. The Hall–Kier alpha value is -2.04. The Morgan fingerprint density at radius 3 is 2.27 bits per heavy atom. The zero-order valence-electron chi connectivity index (χ0n) is 11.6. The van der Waals surface area contributed by atoms with Crippen molar-refractivity contribution in [2.75, 3.05) is 6.54 Å². The van der Waals surface area contributed by atoms with Crippen LogP contribution in [0.15, 0.2) is 48.5 Å². The van der Waals surface area contributed by atoms with Gasteiger partial charge in [-0.1, -0.05) is 41.4 Å². The predicted molar refractivity (Wildman–Crippen MR) is 87.1 cm³/mol. The first kappa shape index (κ1) is 16.3. The molecular weight excluding hydrogens is 323 g/mol. The minimum atomic E-state index is -0.347. The Labute approximate surface area is 138 Å². The van der Waals surface area contributed by atoms with Crippen molar-refractivity contribution < 1.29 is 9.59 Å². The van der Waals surface area contributed by atoms with Gasteiger partial charge >= 0.3 is 0 Å². The Morgan fingerprint density at radius 2 is 1.59 bits per heavy atom. The van der Waals surface area contributed by atoms with Crippen LogP contribution in [0.2, 0.25) is 10.0 Å². The number of amides is 2. The van der Waals surface area contributed by atoms with Gasteiger partial charge in [0.15, 0.2) is 0 Å². The lowest BCUT2D eigenvalue weighted by Gasteiger charge is -2.07. The Balaban J connectivity index is 1.79. The smallest absolute Gasteiger partial charge is 0.251 e. The molecule has 0 radical (unpaired) electrons. The largest absolute Gasteiger partial charge is 0.350 e. The molecule has 0 spiro atoms. The van der Waals surface area contributed by atoms with Crippen molar-refractivity contribution in [3.05, 3.63) is 69.7 Å². The second-order valence-corrected chi connectivity index (χ2v) is 5.47. The van der Waals surface area contributed by atoms with Crippen LogP contribution in [-0.2, 0) is 11.3 Å². The van der Waals surface area contributed by atoms with Gasteiger partial charge < -0.3 is 10.6 Å². The van der Waals surface area contributed by atoms with Crippen LogP contribution < -0.4 is 10.6 Å². The maximum atomic E-state index is 11.9. The van der Waals surface area contributed by atoms with Gasteiger partial charge in [-0.05, 0) is 35.9 Å². The third-order valence-corrected chi connectivity index (χ3v) is 3.35. The molecule has 0 fully saturated rings. The number of carbonyl (C=O) groups excluding carboxylic acids is 2. The van der Waals surface area contributed by atoms with E-state index in [1.807, 2.05) is 12.1 Å². The first-order valence-corrected chi connectivity index (χ1v) is 7.35. The molecule has 0 aliphatic heterocycles. The first-order valence-electron chi connectivity index (χ1n) is 6.59. The molecule has 2 N–H and O–H groups in total. The molecule has 114 valence electrons. The summed E-state index contributed by atoms with van der Waals surface area (Å²) >= 11 is 11.7. The molecule has 0 saturated carbocycles. The molecular formula is C16H14Cl2N2O2. The van der Waals surface area contributed by atoms with E-state index in [-0.39, 0.29) is 18.4 Å². The molecule has 2 rings (SSSR count). The quantitative estimate of drug-likeness (QED) is 0.881. The minimum Gasteiger partial charge on any atom is -0.350 e. The van der Waals surface area contributed by atoms with Crippen LogP contribution >= 0.6 is 23.2 Å². The van der Waals surface area contributed by atoms with E-state index in [4.69, 9.17) is 23.2 Å². The normalized spacial score (nSPS) is 10.1. The second kappa shape index (κ2) is 7.82. The molecule has 0 atom stereocenters. The topological polar surface area (TPSA) is 58.2 Å². The highest BCUT2D eigenvalue weighted by Crippen LogP contribution is 2.11. The molecule has 0 heterocycles. The van der Waals surface area contributed by atoms with Crippen LogP contribution in [0.5, 0.6) is 0 Å². The molecule has 2 aromatic carbocycles. The maximum absolute atomic E-state index is 11.9. The van der Waals surface area contributed by atoms with Crippen molar-refractivity contribution in [1.29, 1.82) is 0 Å². The summed E-state index contributed by atoms with van der Waals surface area (Å²) in [5.41, 5.74) is 1.30. The van der Waals surface area contributed by atoms with E-state index >= 15 is 0 Å². The Bertz CT molecular complexity index is 689. The molecule has 2 amide bonds. The minimum absolute atomic E-state index is 0.105. The fraction of sp³-hybridized carbons (Fsp3) is 0.125. The van der Waals surface area contributed by atoms with E-state index in [0.29, 0.717) is 22.2 Å². The van der Waals surface area contributed by atoms with Gasteiger partial charge in [-0.25, -0.2) is 0 Å². The van der Waals surface area contributed by atoms with Crippen molar-refractivity contribution in [3.8, 4) is 0 Å². The molecule has 6 heteroatoms. The highest BCUT2D eigenvalue weighted by molar-refractivity contribution is 6.31. The summed E-state index contributed by atoms with van der Waals surface area (Å²) < 4.78 is 0. The molecule has 2 aromatic rings. The van der Waals surface area contributed by atoms with Crippen molar-refractivity contribution >= 4 is 35.0 Å². The number of halogens is 2. The number of benzene rings is 2. The monoisotopic (exact) mass is 336 g/mol. The van der Waals surface area contributed by atoms with E-state index in [1.54, 1.807) is 36.4 Å². The van der Waals surface area contributed by atoms with Crippen molar-refractivity contribution in [2.45, 2.75) is 6.54 Å². The van der Waals surface area contributed by atoms with E-state index in [9.17, 15) is 9.59 Å². The number of hydrogen-bond donors (Lipinski definition) is 2. The number of rotatable bonds is 5. The fourth-order valence-corrected chi connectivity index (χ4v) is 2.21. The van der Waals surface area contributed by atoms with Gasteiger partial charge in [0.2, 0.25) is 5.91 Å². The molecule has 0 unspecified atom stereocenters. The summed E-state index contributed by atoms with van der Waals surface area (Å²) in [7, 11) is 0. The lowest BCUT2D eigenvalue weighted by atomic mass is 10.2. The van der Waals surface area contributed by atoms with Crippen LogP contribution in [0.3, 0.4) is 0 Å². The third kappa shape index (κ3) is 5.06. The predicted octanol–water partition coefficient (Wildman–Crippen LogP) is 3.04. The summed E-state index contributed by atoms with van der Waals surface area (Å²) in [5, 5.41) is 6.33. The van der Waals surface area contributed by atoms with Gasteiger partial charge in [0.05, 0.1) is 6.54 Å². The van der Waals surface area contributed by atoms with E-state index in [0.717, 1.165) is 5.56 Å². The van der Waals surface area contributed by atoms with Crippen molar-refractivity contribution in [2.24, 2.45) is 0 Å². The van der Waals surface area contributed by atoms with E-state index in [2.05, 4.69) is 10.6 Å². The lowest BCUT2D eigenvalue weighted by molar-refractivity contribution is -0.120. The summed E-state index contributed by atoms with van der Waals surface area (Å²) in [6.45, 7) is 0.248. The molecule has 4 nitrogen and oxygen atoms in total. The summed E-state index contributed by atoms with van der Waals surface area (Å²) in [4.78, 5) is 23.6. The summed E-state index contributed by atoms with van der Waals surface area (Å²) in [6, 6.07) is 13.7. The average Bonchev–Trinajstić information content (AvgIpc) is 2.50. The summed E-state index contributed by atoms with van der Waals surface area (Å²) in [5.74, 6) is -0.629. The molecule has 0 saturated heterocycles. The molecule has 0 aromatic heterocycles. The SMILES string of the molecule is O=C(CNC(=O)c1cccc(Cl)c1)NCc1cccc(Cl)c1. The Kier molecular flexibility index (Phi) is 5.81. The van der Waals surface area contributed by atoms with Crippen LogP contribution in [0.4, 0.5) is 0 Å². The molecule has 22 heavy (non-hydrogen) atoms. The van der Waals surface area contributed by atoms with Gasteiger partial charge in [0.1, 0.15) is 0 Å². The highest BCUT2D eigenvalue weighted by Gasteiger charge is 2.08. The van der Waals surface area contributed by atoms with Gasteiger partial charge in [-0.3, -0.25) is 9.59 Å².